The minimum absolute atomic E-state index is 0. The van der Waals surface area contributed by atoms with Gasteiger partial charge in [0.05, 0.1) is 19.9 Å². The minimum atomic E-state index is -0.0883. The van der Waals surface area contributed by atoms with Crippen molar-refractivity contribution in [1.82, 2.24) is 15.6 Å². The van der Waals surface area contributed by atoms with Crippen LogP contribution in [0.15, 0.2) is 18.2 Å². The third-order valence-corrected chi connectivity index (χ3v) is 4.68. The highest BCUT2D eigenvalue weighted by Gasteiger charge is 2.17. The Morgan fingerprint density at radius 3 is 2.46 bits per heavy atom. The number of nitrogens with zero attached hydrogens (tertiary/aromatic N) is 1. The second kappa shape index (κ2) is 12.0. The first-order valence-corrected chi connectivity index (χ1v) is 8.61. The highest BCUT2D eigenvalue weighted by molar-refractivity contribution is 7.17. The van der Waals surface area contributed by atoms with Gasteiger partial charge >= 0.3 is 0 Å². The topological polar surface area (TPSA) is 72.5 Å². The molecule has 146 valence electrons. The van der Waals surface area contributed by atoms with E-state index in [9.17, 15) is 4.79 Å². The molecule has 9 heteroatoms. The molecule has 1 aromatic heterocycles. The van der Waals surface area contributed by atoms with E-state index < -0.39 is 0 Å². The van der Waals surface area contributed by atoms with E-state index in [4.69, 9.17) is 9.47 Å². The van der Waals surface area contributed by atoms with Crippen LogP contribution in [0.3, 0.4) is 0 Å². The van der Waals surface area contributed by atoms with Gasteiger partial charge in [0, 0.05) is 18.7 Å². The molecular formula is C17H25Cl2N3O3S. The number of aromatic nitrogens is 1. The van der Waals surface area contributed by atoms with Gasteiger partial charge in [-0.15, -0.1) is 36.2 Å². The van der Waals surface area contributed by atoms with Gasteiger partial charge < -0.3 is 20.1 Å². The number of methoxy groups -OCH3 is 2. The normalized spacial score (nSPS) is 9.69. The second-order valence-electron chi connectivity index (χ2n) is 5.11. The molecule has 0 unspecified atom stereocenters. The predicted molar refractivity (Wildman–Crippen MR) is 111 cm³/mol. The Morgan fingerprint density at radius 2 is 1.85 bits per heavy atom. The van der Waals surface area contributed by atoms with Gasteiger partial charge in [0.25, 0.3) is 5.91 Å². The van der Waals surface area contributed by atoms with Crippen LogP contribution < -0.4 is 20.1 Å². The smallest absolute Gasteiger partial charge is 0.263 e. The molecule has 0 saturated carbocycles. The third-order valence-electron chi connectivity index (χ3n) is 3.47. The lowest BCUT2D eigenvalue weighted by molar-refractivity contribution is 0.0957. The fourth-order valence-electron chi connectivity index (χ4n) is 2.22. The van der Waals surface area contributed by atoms with Crippen LogP contribution in [-0.4, -0.2) is 44.7 Å². The Kier molecular flexibility index (Phi) is 11.2. The van der Waals surface area contributed by atoms with Gasteiger partial charge in [0.2, 0.25) is 0 Å². The SMILES string of the molecule is CCNCCNC(=O)c1sc(-c2ccc(OC)c(OC)c2)nc1C.Cl.Cl. The molecule has 6 nitrogen and oxygen atoms in total. The number of hydrogen-bond donors (Lipinski definition) is 2. The van der Waals surface area contributed by atoms with Crippen molar-refractivity contribution >= 4 is 42.1 Å². The molecule has 0 atom stereocenters. The number of likely N-dealkylation sites (N-methyl/N-ethyl adjacent to an activating group) is 1. The zero-order chi connectivity index (χ0) is 17.5. The lowest BCUT2D eigenvalue weighted by Crippen LogP contribution is -2.31. The molecule has 2 rings (SSSR count). The second-order valence-corrected chi connectivity index (χ2v) is 6.11. The molecule has 0 spiro atoms. The van der Waals surface area contributed by atoms with Gasteiger partial charge in [-0.25, -0.2) is 4.98 Å². The number of benzene rings is 1. The Morgan fingerprint density at radius 1 is 1.15 bits per heavy atom. The van der Waals surface area contributed by atoms with Gasteiger partial charge in [-0.2, -0.15) is 0 Å². The number of nitrogens with one attached hydrogen (secondary N) is 2. The van der Waals surface area contributed by atoms with Crippen molar-refractivity contribution < 1.29 is 14.3 Å². The largest absolute Gasteiger partial charge is 0.493 e. The summed E-state index contributed by atoms with van der Waals surface area (Å²) in [5.74, 6) is 1.21. The van der Waals surface area contributed by atoms with Crippen LogP contribution >= 0.6 is 36.2 Å². The van der Waals surface area contributed by atoms with Crippen LogP contribution in [0, 0.1) is 6.92 Å². The summed E-state index contributed by atoms with van der Waals surface area (Å²) in [4.78, 5) is 17.4. The lowest BCUT2D eigenvalue weighted by atomic mass is 10.2. The first-order valence-electron chi connectivity index (χ1n) is 7.79. The van der Waals surface area contributed by atoms with Crippen molar-refractivity contribution in [3.8, 4) is 22.1 Å². The number of hydrogen-bond acceptors (Lipinski definition) is 6. The van der Waals surface area contributed by atoms with E-state index in [0.717, 1.165) is 29.4 Å². The first-order chi connectivity index (χ1) is 11.6. The number of carbonyl (C=O) groups excluding carboxylic acids is 1. The Labute approximate surface area is 170 Å². The monoisotopic (exact) mass is 421 g/mol. The van der Waals surface area contributed by atoms with E-state index in [1.54, 1.807) is 14.2 Å². The summed E-state index contributed by atoms with van der Waals surface area (Å²) in [6.07, 6.45) is 0. The molecule has 0 aliphatic rings. The van der Waals surface area contributed by atoms with Crippen LogP contribution in [0.2, 0.25) is 0 Å². The summed E-state index contributed by atoms with van der Waals surface area (Å²) in [6.45, 7) is 6.11. The van der Waals surface area contributed by atoms with E-state index in [1.807, 2.05) is 32.0 Å². The molecule has 0 radical (unpaired) electrons. The average molecular weight is 422 g/mol. The number of ether oxygens (including phenoxy) is 2. The summed E-state index contributed by atoms with van der Waals surface area (Å²) in [6, 6.07) is 5.61. The standard InChI is InChI=1S/C17H23N3O3S.2ClH/c1-5-18-8-9-19-16(21)15-11(2)20-17(24-15)12-6-7-13(22-3)14(10-12)23-4;;/h6-7,10,18H,5,8-9H2,1-4H3,(H,19,21);2*1H. The molecule has 2 N–H and O–H groups in total. The maximum Gasteiger partial charge on any atom is 0.263 e. The molecule has 1 amide bonds. The summed E-state index contributed by atoms with van der Waals surface area (Å²) in [5, 5.41) is 6.86. The molecule has 26 heavy (non-hydrogen) atoms. The van der Waals surface area contributed by atoms with E-state index in [-0.39, 0.29) is 30.7 Å². The zero-order valence-electron chi connectivity index (χ0n) is 15.3. The fraction of sp³-hybridized carbons (Fsp3) is 0.412. The maximum atomic E-state index is 12.3. The van der Waals surface area contributed by atoms with E-state index in [1.165, 1.54) is 11.3 Å². The Bertz CT molecular complexity index is 711. The van der Waals surface area contributed by atoms with E-state index in [2.05, 4.69) is 15.6 Å². The predicted octanol–water partition coefficient (Wildman–Crippen LogP) is 3.32. The molecule has 0 saturated heterocycles. The molecule has 2 aromatic rings. The van der Waals surface area contributed by atoms with Gasteiger partial charge in [0.15, 0.2) is 11.5 Å². The quantitative estimate of drug-likeness (QED) is 0.639. The van der Waals surface area contributed by atoms with Crippen LogP contribution in [0.1, 0.15) is 22.3 Å². The van der Waals surface area contributed by atoms with E-state index in [0.29, 0.717) is 22.9 Å². The maximum absolute atomic E-state index is 12.3. The first kappa shape index (κ1) is 24.5. The fourth-order valence-corrected chi connectivity index (χ4v) is 3.20. The number of halogens is 2. The summed E-state index contributed by atoms with van der Waals surface area (Å²) < 4.78 is 10.6. The summed E-state index contributed by atoms with van der Waals surface area (Å²) in [7, 11) is 3.19. The lowest BCUT2D eigenvalue weighted by Gasteiger charge is -2.08. The van der Waals surface area contributed by atoms with Crippen molar-refractivity contribution in [2.75, 3.05) is 33.9 Å². The van der Waals surface area contributed by atoms with Crippen molar-refractivity contribution in [1.29, 1.82) is 0 Å². The third kappa shape index (κ3) is 6.02. The van der Waals surface area contributed by atoms with Crippen LogP contribution in [0.5, 0.6) is 11.5 Å². The molecule has 0 fully saturated rings. The number of carbonyl (C=O) groups is 1. The molecular weight excluding hydrogens is 397 g/mol. The van der Waals surface area contributed by atoms with Crippen molar-refractivity contribution in [3.63, 3.8) is 0 Å². The van der Waals surface area contributed by atoms with Gasteiger partial charge in [-0.05, 0) is 31.7 Å². The number of aryl methyl sites for hydroxylation is 1. The van der Waals surface area contributed by atoms with Gasteiger partial charge in [-0.1, -0.05) is 6.92 Å². The highest BCUT2D eigenvalue weighted by atomic mass is 35.5. The van der Waals surface area contributed by atoms with Gasteiger partial charge in [-0.3, -0.25) is 4.79 Å². The van der Waals surface area contributed by atoms with Crippen molar-refractivity contribution in [3.05, 3.63) is 28.8 Å². The van der Waals surface area contributed by atoms with Crippen molar-refractivity contribution in [2.24, 2.45) is 0 Å². The zero-order valence-corrected chi connectivity index (χ0v) is 17.7. The van der Waals surface area contributed by atoms with E-state index >= 15 is 0 Å². The van der Waals surface area contributed by atoms with Crippen molar-refractivity contribution in [2.45, 2.75) is 13.8 Å². The molecule has 0 aliphatic carbocycles. The summed E-state index contributed by atoms with van der Waals surface area (Å²) >= 11 is 1.38. The van der Waals surface area contributed by atoms with Crippen LogP contribution in [0.25, 0.3) is 10.6 Å². The molecule has 1 heterocycles. The molecule has 0 aliphatic heterocycles. The minimum Gasteiger partial charge on any atom is -0.493 e. The number of thiazole rings is 1. The Balaban J connectivity index is 0.00000312. The highest BCUT2D eigenvalue weighted by Crippen LogP contribution is 2.34. The van der Waals surface area contributed by atoms with Crippen LogP contribution in [-0.2, 0) is 0 Å². The van der Waals surface area contributed by atoms with Gasteiger partial charge in [0.1, 0.15) is 9.88 Å². The van der Waals surface area contributed by atoms with Crippen LogP contribution in [0.4, 0.5) is 0 Å². The Hall–Kier alpha value is -1.54. The number of rotatable bonds is 8. The summed E-state index contributed by atoms with van der Waals surface area (Å²) in [5.41, 5.74) is 1.62. The molecule has 1 aromatic carbocycles. The average Bonchev–Trinajstić information content (AvgIpc) is 2.99. The number of amides is 1. The molecule has 0 bridgehead atoms.